The van der Waals surface area contributed by atoms with Crippen LogP contribution in [0.5, 0.6) is 0 Å². The fourth-order valence-electron chi connectivity index (χ4n) is 3.67. The summed E-state index contributed by atoms with van der Waals surface area (Å²) in [6.07, 6.45) is 3.47. The number of carbonyl (C=O) groups is 2. The van der Waals surface area contributed by atoms with E-state index in [0.29, 0.717) is 23.3 Å². The minimum absolute atomic E-state index is 0.00322. The molecule has 21 heavy (non-hydrogen) atoms. The zero-order chi connectivity index (χ0) is 15.3. The SMILES string of the molecule is CC1(C)C(=O)C2(CCCCC2)C(=O)O[C@H]1c1ccc(Br)o1. The lowest BCUT2D eigenvalue weighted by atomic mass is 9.61. The third-order valence-electron chi connectivity index (χ3n) is 4.85. The Labute approximate surface area is 132 Å². The summed E-state index contributed by atoms with van der Waals surface area (Å²) in [6, 6.07) is 3.49. The van der Waals surface area contributed by atoms with Crippen LogP contribution in [0, 0.1) is 10.8 Å². The van der Waals surface area contributed by atoms with Crippen LogP contribution in [0.15, 0.2) is 21.2 Å². The molecule has 0 unspecified atom stereocenters. The topological polar surface area (TPSA) is 56.5 Å². The first-order chi connectivity index (χ1) is 9.88. The summed E-state index contributed by atoms with van der Waals surface area (Å²) >= 11 is 3.24. The number of cyclic esters (lactones) is 1. The van der Waals surface area contributed by atoms with Crippen LogP contribution in [0.25, 0.3) is 0 Å². The number of esters is 1. The van der Waals surface area contributed by atoms with Gasteiger partial charge in [0.25, 0.3) is 0 Å². The molecule has 1 aromatic rings. The molecular weight excluding hydrogens is 336 g/mol. The van der Waals surface area contributed by atoms with Crippen LogP contribution in [0.1, 0.15) is 57.8 Å². The largest absolute Gasteiger partial charge is 0.452 e. The molecule has 0 amide bonds. The summed E-state index contributed by atoms with van der Waals surface area (Å²) in [5.74, 6) is 0.145. The highest BCUT2D eigenvalue weighted by Gasteiger charge is 2.60. The lowest BCUT2D eigenvalue weighted by molar-refractivity contribution is -0.193. The normalized spacial score (nSPS) is 27.7. The molecule has 1 aliphatic carbocycles. The maximum absolute atomic E-state index is 13.1. The summed E-state index contributed by atoms with van der Waals surface area (Å²) in [7, 11) is 0. The predicted molar refractivity (Wildman–Crippen MR) is 79.5 cm³/mol. The Morgan fingerprint density at radius 2 is 1.81 bits per heavy atom. The number of Topliss-reactive ketones (excluding diaryl/α,β-unsaturated/α-hetero) is 1. The van der Waals surface area contributed by atoms with Gasteiger partial charge in [-0.25, -0.2) is 0 Å². The summed E-state index contributed by atoms with van der Waals surface area (Å²) in [6.45, 7) is 3.69. The van der Waals surface area contributed by atoms with Crippen molar-refractivity contribution in [2.75, 3.05) is 0 Å². The average molecular weight is 355 g/mol. The summed E-state index contributed by atoms with van der Waals surface area (Å²) in [4.78, 5) is 25.6. The summed E-state index contributed by atoms with van der Waals surface area (Å²) < 4.78 is 11.8. The van der Waals surface area contributed by atoms with E-state index in [1.807, 2.05) is 13.8 Å². The Kier molecular flexibility index (Phi) is 3.51. The number of ketones is 1. The zero-order valence-corrected chi connectivity index (χ0v) is 13.9. The Balaban J connectivity index is 1.99. The number of carbonyl (C=O) groups excluding carboxylic acids is 2. The molecule has 1 spiro atoms. The molecule has 2 heterocycles. The van der Waals surface area contributed by atoms with E-state index in [1.165, 1.54) is 0 Å². The van der Waals surface area contributed by atoms with Gasteiger partial charge >= 0.3 is 5.97 Å². The van der Waals surface area contributed by atoms with Crippen molar-refractivity contribution in [2.45, 2.75) is 52.1 Å². The summed E-state index contributed by atoms with van der Waals surface area (Å²) in [5, 5.41) is 0. The van der Waals surface area contributed by atoms with Gasteiger partial charge in [-0.15, -0.1) is 0 Å². The molecule has 0 N–H and O–H groups in total. The van der Waals surface area contributed by atoms with Gasteiger partial charge in [0.1, 0.15) is 11.2 Å². The highest BCUT2D eigenvalue weighted by atomic mass is 79.9. The lowest BCUT2D eigenvalue weighted by Crippen LogP contribution is -2.55. The highest BCUT2D eigenvalue weighted by Crippen LogP contribution is 2.53. The monoisotopic (exact) mass is 354 g/mol. The van der Waals surface area contributed by atoms with Gasteiger partial charge in [-0.2, -0.15) is 0 Å². The van der Waals surface area contributed by atoms with Gasteiger partial charge in [0, 0.05) is 0 Å². The second-order valence-corrected chi connectivity index (χ2v) is 7.40. The van der Waals surface area contributed by atoms with Gasteiger partial charge in [-0.1, -0.05) is 19.3 Å². The van der Waals surface area contributed by atoms with Crippen LogP contribution >= 0.6 is 15.9 Å². The van der Waals surface area contributed by atoms with E-state index >= 15 is 0 Å². The maximum atomic E-state index is 13.1. The zero-order valence-electron chi connectivity index (χ0n) is 12.3. The number of halogens is 1. The third-order valence-corrected chi connectivity index (χ3v) is 5.28. The Morgan fingerprint density at radius 1 is 1.14 bits per heavy atom. The van der Waals surface area contributed by atoms with Crippen molar-refractivity contribution in [3.8, 4) is 0 Å². The first kappa shape index (κ1) is 14.8. The molecule has 1 aliphatic heterocycles. The van der Waals surface area contributed by atoms with E-state index in [-0.39, 0.29) is 11.8 Å². The van der Waals surface area contributed by atoms with E-state index in [9.17, 15) is 9.59 Å². The van der Waals surface area contributed by atoms with Crippen molar-refractivity contribution in [2.24, 2.45) is 10.8 Å². The van der Waals surface area contributed by atoms with Crippen molar-refractivity contribution in [1.29, 1.82) is 0 Å². The number of hydrogen-bond acceptors (Lipinski definition) is 4. The molecule has 1 saturated carbocycles. The maximum Gasteiger partial charge on any atom is 0.320 e. The Morgan fingerprint density at radius 3 is 2.38 bits per heavy atom. The second kappa shape index (κ2) is 4.97. The van der Waals surface area contributed by atoms with Gasteiger partial charge < -0.3 is 9.15 Å². The Bertz CT molecular complexity index is 581. The van der Waals surface area contributed by atoms with E-state index in [1.54, 1.807) is 12.1 Å². The molecule has 0 radical (unpaired) electrons. The molecular formula is C16H19BrO4. The van der Waals surface area contributed by atoms with E-state index in [0.717, 1.165) is 19.3 Å². The van der Waals surface area contributed by atoms with Gasteiger partial charge in [0.2, 0.25) is 0 Å². The van der Waals surface area contributed by atoms with Crippen molar-refractivity contribution in [3.05, 3.63) is 22.6 Å². The molecule has 3 rings (SSSR count). The summed E-state index contributed by atoms with van der Waals surface area (Å²) in [5.41, 5.74) is -1.70. The molecule has 2 aliphatic rings. The van der Waals surface area contributed by atoms with Gasteiger partial charge in [0.05, 0.1) is 5.41 Å². The second-order valence-electron chi connectivity index (χ2n) is 6.62. The molecule has 0 aromatic carbocycles. The predicted octanol–water partition coefficient (Wildman–Crippen LogP) is 4.19. The molecule has 1 atom stereocenters. The van der Waals surface area contributed by atoms with Crippen molar-refractivity contribution in [1.82, 2.24) is 0 Å². The third kappa shape index (κ3) is 2.17. The molecule has 2 fully saturated rings. The molecule has 5 heteroatoms. The van der Waals surface area contributed by atoms with Crippen LogP contribution in [0.2, 0.25) is 0 Å². The van der Waals surface area contributed by atoms with E-state index in [4.69, 9.17) is 9.15 Å². The van der Waals surface area contributed by atoms with Crippen LogP contribution in [0.4, 0.5) is 0 Å². The molecule has 114 valence electrons. The van der Waals surface area contributed by atoms with Crippen molar-refractivity contribution < 1.29 is 18.7 Å². The number of ether oxygens (including phenoxy) is 1. The van der Waals surface area contributed by atoms with E-state index in [2.05, 4.69) is 15.9 Å². The van der Waals surface area contributed by atoms with Crippen molar-refractivity contribution >= 4 is 27.7 Å². The average Bonchev–Trinajstić information content (AvgIpc) is 2.89. The van der Waals surface area contributed by atoms with Crippen LogP contribution in [-0.2, 0) is 14.3 Å². The fraction of sp³-hybridized carbons (Fsp3) is 0.625. The van der Waals surface area contributed by atoms with Crippen LogP contribution < -0.4 is 0 Å². The van der Waals surface area contributed by atoms with E-state index < -0.39 is 16.9 Å². The Hall–Kier alpha value is -1.10. The van der Waals surface area contributed by atoms with Gasteiger partial charge in [-0.05, 0) is 54.8 Å². The van der Waals surface area contributed by atoms with Gasteiger partial charge in [0.15, 0.2) is 16.6 Å². The molecule has 1 aromatic heterocycles. The first-order valence-electron chi connectivity index (χ1n) is 7.39. The molecule has 4 nitrogen and oxygen atoms in total. The van der Waals surface area contributed by atoms with Gasteiger partial charge in [-0.3, -0.25) is 9.59 Å². The first-order valence-corrected chi connectivity index (χ1v) is 8.18. The molecule has 0 bridgehead atoms. The standard InChI is InChI=1S/C16H19BrO4/c1-15(2)12(10-6-7-11(17)20-10)21-14(19)16(13(15)18)8-4-3-5-9-16/h6-7,12H,3-5,8-9H2,1-2H3/t12-/m0/s1. The number of rotatable bonds is 1. The fourth-order valence-corrected chi connectivity index (χ4v) is 3.98. The smallest absolute Gasteiger partial charge is 0.320 e. The highest BCUT2D eigenvalue weighted by molar-refractivity contribution is 9.10. The van der Waals surface area contributed by atoms with Crippen LogP contribution in [0.3, 0.4) is 0 Å². The number of hydrogen-bond donors (Lipinski definition) is 0. The quantitative estimate of drug-likeness (QED) is 0.560. The van der Waals surface area contributed by atoms with Crippen molar-refractivity contribution in [3.63, 3.8) is 0 Å². The minimum Gasteiger partial charge on any atom is -0.452 e. The number of furan rings is 1. The lowest BCUT2D eigenvalue weighted by Gasteiger charge is -2.46. The molecule has 1 saturated heterocycles. The van der Waals surface area contributed by atoms with Crippen LogP contribution in [-0.4, -0.2) is 11.8 Å². The minimum atomic E-state index is -0.928.